The summed E-state index contributed by atoms with van der Waals surface area (Å²) < 4.78 is 12.6. The van der Waals surface area contributed by atoms with Crippen molar-refractivity contribution < 1.29 is 9.50 Å². The Morgan fingerprint density at radius 1 is 1.27 bits per heavy atom. The van der Waals surface area contributed by atoms with Crippen LogP contribution in [0.4, 0.5) is 4.39 Å². The van der Waals surface area contributed by atoms with Crippen LogP contribution in [-0.4, -0.2) is 23.8 Å². The molecule has 0 spiro atoms. The lowest BCUT2D eigenvalue weighted by Crippen LogP contribution is -2.32. The van der Waals surface area contributed by atoms with E-state index in [1.807, 2.05) is 13.8 Å². The highest BCUT2D eigenvalue weighted by Crippen LogP contribution is 2.05. The molecule has 0 saturated heterocycles. The summed E-state index contributed by atoms with van der Waals surface area (Å²) in [6.07, 6.45) is 0.137. The van der Waals surface area contributed by atoms with Gasteiger partial charge in [0.05, 0.1) is 6.10 Å². The normalized spacial score (nSPS) is 13.1. The maximum absolute atomic E-state index is 12.6. The van der Waals surface area contributed by atoms with Gasteiger partial charge in [-0.3, -0.25) is 0 Å². The number of aliphatic hydroxyl groups is 1. The molecule has 0 fully saturated rings. The largest absolute Gasteiger partial charge is 0.391 e. The maximum Gasteiger partial charge on any atom is 0.123 e. The second-order valence-corrected chi connectivity index (χ2v) is 4.05. The molecule has 0 aliphatic heterocycles. The fourth-order valence-electron chi connectivity index (χ4n) is 1.34. The van der Waals surface area contributed by atoms with Crippen molar-refractivity contribution in [1.29, 1.82) is 0 Å². The van der Waals surface area contributed by atoms with Crippen LogP contribution in [0.25, 0.3) is 0 Å². The number of hydrogen-bond acceptors (Lipinski definition) is 2. The van der Waals surface area contributed by atoms with Gasteiger partial charge in [-0.25, -0.2) is 4.39 Å². The van der Waals surface area contributed by atoms with Gasteiger partial charge in [-0.2, -0.15) is 0 Å². The molecule has 0 amide bonds. The Kier molecular flexibility index (Phi) is 4.72. The average molecular weight is 211 g/mol. The third-order valence-electron chi connectivity index (χ3n) is 2.15. The van der Waals surface area contributed by atoms with Gasteiger partial charge in [0, 0.05) is 12.6 Å². The van der Waals surface area contributed by atoms with Crippen molar-refractivity contribution in [2.24, 2.45) is 0 Å². The van der Waals surface area contributed by atoms with Crippen molar-refractivity contribution in [2.45, 2.75) is 32.4 Å². The van der Waals surface area contributed by atoms with Crippen molar-refractivity contribution in [1.82, 2.24) is 5.32 Å². The first-order chi connectivity index (χ1) is 7.08. The number of rotatable bonds is 5. The van der Waals surface area contributed by atoms with E-state index < -0.39 is 6.10 Å². The lowest BCUT2D eigenvalue weighted by Gasteiger charge is -2.13. The molecule has 84 valence electrons. The summed E-state index contributed by atoms with van der Waals surface area (Å²) in [6, 6.07) is 6.60. The molecular formula is C12H18FNO. The Bertz CT molecular complexity index is 284. The zero-order valence-electron chi connectivity index (χ0n) is 9.20. The smallest absolute Gasteiger partial charge is 0.123 e. The molecule has 0 aliphatic carbocycles. The van der Waals surface area contributed by atoms with E-state index >= 15 is 0 Å². The SMILES string of the molecule is CC(C)NCC(O)Cc1ccc(F)cc1. The van der Waals surface area contributed by atoms with Crippen molar-refractivity contribution in [3.05, 3.63) is 35.6 Å². The second kappa shape index (κ2) is 5.83. The van der Waals surface area contributed by atoms with Crippen LogP contribution in [0.2, 0.25) is 0 Å². The molecule has 15 heavy (non-hydrogen) atoms. The molecule has 0 bridgehead atoms. The predicted molar refractivity (Wildman–Crippen MR) is 59.2 cm³/mol. The molecule has 0 saturated carbocycles. The molecule has 0 aromatic heterocycles. The predicted octanol–water partition coefficient (Wildman–Crippen LogP) is 1.73. The zero-order valence-corrected chi connectivity index (χ0v) is 9.20. The fourth-order valence-corrected chi connectivity index (χ4v) is 1.34. The van der Waals surface area contributed by atoms with E-state index in [4.69, 9.17) is 0 Å². The van der Waals surface area contributed by atoms with E-state index in [9.17, 15) is 9.50 Å². The van der Waals surface area contributed by atoms with Crippen LogP contribution in [0.1, 0.15) is 19.4 Å². The number of hydrogen-bond donors (Lipinski definition) is 2. The van der Waals surface area contributed by atoms with Gasteiger partial charge in [0.2, 0.25) is 0 Å². The number of benzene rings is 1. The van der Waals surface area contributed by atoms with Crippen molar-refractivity contribution in [2.75, 3.05) is 6.54 Å². The number of halogens is 1. The third-order valence-corrected chi connectivity index (χ3v) is 2.15. The van der Waals surface area contributed by atoms with Gasteiger partial charge < -0.3 is 10.4 Å². The van der Waals surface area contributed by atoms with Gasteiger partial charge in [-0.05, 0) is 24.1 Å². The Morgan fingerprint density at radius 3 is 2.40 bits per heavy atom. The molecule has 2 N–H and O–H groups in total. The van der Waals surface area contributed by atoms with Gasteiger partial charge in [-0.15, -0.1) is 0 Å². The molecule has 0 heterocycles. The molecule has 1 aromatic carbocycles. The summed E-state index contributed by atoms with van der Waals surface area (Å²) in [4.78, 5) is 0. The molecular weight excluding hydrogens is 193 g/mol. The van der Waals surface area contributed by atoms with Crippen LogP contribution < -0.4 is 5.32 Å². The van der Waals surface area contributed by atoms with Crippen LogP contribution in [0.5, 0.6) is 0 Å². The lowest BCUT2D eigenvalue weighted by atomic mass is 10.1. The van der Waals surface area contributed by atoms with Crippen LogP contribution in [0.3, 0.4) is 0 Å². The van der Waals surface area contributed by atoms with Crippen molar-refractivity contribution in [3.63, 3.8) is 0 Å². The minimum Gasteiger partial charge on any atom is -0.391 e. The first-order valence-corrected chi connectivity index (χ1v) is 5.24. The molecule has 0 aliphatic rings. The van der Waals surface area contributed by atoms with Crippen LogP contribution in [-0.2, 0) is 6.42 Å². The van der Waals surface area contributed by atoms with Crippen LogP contribution >= 0.6 is 0 Å². The van der Waals surface area contributed by atoms with E-state index in [-0.39, 0.29) is 5.82 Å². The summed E-state index contributed by atoms with van der Waals surface area (Å²) in [6.45, 7) is 4.63. The highest BCUT2D eigenvalue weighted by Gasteiger charge is 2.05. The van der Waals surface area contributed by atoms with Crippen molar-refractivity contribution >= 4 is 0 Å². The molecule has 3 heteroatoms. The fraction of sp³-hybridized carbons (Fsp3) is 0.500. The average Bonchev–Trinajstić information content (AvgIpc) is 2.19. The van der Waals surface area contributed by atoms with Crippen LogP contribution in [0, 0.1) is 5.82 Å². The number of aliphatic hydroxyl groups excluding tert-OH is 1. The quantitative estimate of drug-likeness (QED) is 0.777. The molecule has 1 rings (SSSR count). The van der Waals surface area contributed by atoms with E-state index in [1.54, 1.807) is 12.1 Å². The van der Waals surface area contributed by atoms with E-state index in [2.05, 4.69) is 5.32 Å². The summed E-state index contributed by atoms with van der Waals surface area (Å²) >= 11 is 0. The second-order valence-electron chi connectivity index (χ2n) is 4.05. The summed E-state index contributed by atoms with van der Waals surface area (Å²) in [7, 11) is 0. The van der Waals surface area contributed by atoms with Gasteiger partial charge >= 0.3 is 0 Å². The number of nitrogens with one attached hydrogen (secondary N) is 1. The van der Waals surface area contributed by atoms with Crippen molar-refractivity contribution in [3.8, 4) is 0 Å². The van der Waals surface area contributed by atoms with Gasteiger partial charge in [0.25, 0.3) is 0 Å². The zero-order chi connectivity index (χ0) is 11.3. The Morgan fingerprint density at radius 2 is 1.87 bits per heavy atom. The van der Waals surface area contributed by atoms with Crippen LogP contribution in [0.15, 0.2) is 24.3 Å². The maximum atomic E-state index is 12.6. The molecule has 2 nitrogen and oxygen atoms in total. The highest BCUT2D eigenvalue weighted by molar-refractivity contribution is 5.16. The highest BCUT2D eigenvalue weighted by atomic mass is 19.1. The Hall–Kier alpha value is -0.930. The molecule has 1 unspecified atom stereocenters. The monoisotopic (exact) mass is 211 g/mol. The van der Waals surface area contributed by atoms with Gasteiger partial charge in [0.1, 0.15) is 5.82 Å². The summed E-state index contributed by atoms with van der Waals surface area (Å²) in [5, 5.41) is 12.8. The first kappa shape index (κ1) is 12.1. The standard InChI is InChI=1S/C12H18FNO/c1-9(2)14-8-12(15)7-10-3-5-11(13)6-4-10/h3-6,9,12,14-15H,7-8H2,1-2H3. The van der Waals surface area contributed by atoms with E-state index in [0.29, 0.717) is 19.0 Å². The minimum atomic E-state index is -0.419. The lowest BCUT2D eigenvalue weighted by molar-refractivity contribution is 0.169. The molecule has 1 atom stereocenters. The Labute approximate surface area is 90.1 Å². The Balaban J connectivity index is 2.37. The minimum absolute atomic E-state index is 0.242. The molecule has 0 radical (unpaired) electrons. The molecule has 1 aromatic rings. The summed E-state index contributed by atoms with van der Waals surface area (Å²) in [5.74, 6) is -0.242. The van der Waals surface area contributed by atoms with Gasteiger partial charge in [0.15, 0.2) is 0 Å². The first-order valence-electron chi connectivity index (χ1n) is 5.24. The third kappa shape index (κ3) is 4.91. The van der Waals surface area contributed by atoms with E-state index in [1.165, 1.54) is 12.1 Å². The summed E-state index contributed by atoms with van der Waals surface area (Å²) in [5.41, 5.74) is 0.953. The van der Waals surface area contributed by atoms with E-state index in [0.717, 1.165) is 5.56 Å². The topological polar surface area (TPSA) is 32.3 Å². The van der Waals surface area contributed by atoms with Gasteiger partial charge in [-0.1, -0.05) is 26.0 Å².